The second-order valence-electron chi connectivity index (χ2n) is 5.96. The lowest BCUT2D eigenvalue weighted by molar-refractivity contribution is -0.123. The van der Waals surface area contributed by atoms with Gasteiger partial charge in [0.2, 0.25) is 0 Å². The lowest BCUT2D eigenvalue weighted by Gasteiger charge is -2.36. The second kappa shape index (κ2) is 6.21. The predicted octanol–water partition coefficient (Wildman–Crippen LogP) is 3.15. The van der Waals surface area contributed by atoms with Crippen LogP contribution in [0.3, 0.4) is 0 Å². The minimum absolute atomic E-state index is 0.0287. The third-order valence-electron chi connectivity index (χ3n) is 3.05. The van der Waals surface area contributed by atoms with Crippen molar-refractivity contribution < 1.29 is 14.3 Å². The normalized spacial score (nSPS) is 21.0. The first kappa shape index (κ1) is 15.0. The van der Waals surface area contributed by atoms with Crippen LogP contribution in [0.15, 0.2) is 0 Å². The number of carbonyl (C=O) groups is 2. The van der Waals surface area contributed by atoms with Crippen molar-refractivity contribution in [2.75, 3.05) is 6.54 Å². The summed E-state index contributed by atoms with van der Waals surface area (Å²) in [7, 11) is 0. The van der Waals surface area contributed by atoms with E-state index < -0.39 is 5.60 Å². The van der Waals surface area contributed by atoms with E-state index >= 15 is 0 Å². The monoisotopic (exact) mass is 255 g/mol. The standard InChI is InChI=1S/C14H25NO3/c1-5-6-7-11-10-12(16)8-9-15(11)13(17)18-14(2,3)4/h11H,5-10H2,1-4H3/t11-/m0/s1. The molecule has 1 saturated heterocycles. The van der Waals surface area contributed by atoms with E-state index in [0.29, 0.717) is 19.4 Å². The van der Waals surface area contributed by atoms with Crippen LogP contribution in [-0.2, 0) is 9.53 Å². The van der Waals surface area contributed by atoms with Crippen molar-refractivity contribution in [2.45, 2.75) is 71.4 Å². The third kappa shape index (κ3) is 4.67. The largest absolute Gasteiger partial charge is 0.444 e. The van der Waals surface area contributed by atoms with Crippen LogP contribution in [0.4, 0.5) is 4.79 Å². The summed E-state index contributed by atoms with van der Waals surface area (Å²) in [5.74, 6) is 0.260. The van der Waals surface area contributed by atoms with Gasteiger partial charge >= 0.3 is 6.09 Å². The SMILES string of the molecule is CCCC[C@H]1CC(=O)CCN1C(=O)OC(C)(C)C. The van der Waals surface area contributed by atoms with Gasteiger partial charge in [0.05, 0.1) is 0 Å². The molecule has 1 fully saturated rings. The molecule has 1 atom stereocenters. The summed E-state index contributed by atoms with van der Waals surface area (Å²) in [4.78, 5) is 25.3. The number of Topliss-reactive ketones (excluding diaryl/α,β-unsaturated/α-hetero) is 1. The van der Waals surface area contributed by atoms with Crippen LogP contribution in [0.5, 0.6) is 0 Å². The van der Waals surface area contributed by atoms with E-state index in [1.54, 1.807) is 4.90 Å². The van der Waals surface area contributed by atoms with Crippen LogP contribution < -0.4 is 0 Å². The van der Waals surface area contributed by atoms with Gasteiger partial charge in [0.15, 0.2) is 0 Å². The van der Waals surface area contributed by atoms with Crippen molar-refractivity contribution in [3.8, 4) is 0 Å². The number of piperidine rings is 1. The van der Waals surface area contributed by atoms with Crippen LogP contribution in [0.1, 0.15) is 59.8 Å². The zero-order valence-electron chi connectivity index (χ0n) is 12.0. The van der Waals surface area contributed by atoms with Crippen LogP contribution in [0.25, 0.3) is 0 Å². The smallest absolute Gasteiger partial charge is 0.410 e. The molecule has 0 unspecified atom stereocenters. The summed E-state index contributed by atoms with van der Waals surface area (Å²) < 4.78 is 5.40. The molecule has 0 aromatic carbocycles. The van der Waals surface area contributed by atoms with Gasteiger partial charge < -0.3 is 9.64 Å². The Bertz CT molecular complexity index is 307. The molecule has 18 heavy (non-hydrogen) atoms. The van der Waals surface area contributed by atoms with E-state index in [0.717, 1.165) is 19.3 Å². The van der Waals surface area contributed by atoms with Crippen LogP contribution >= 0.6 is 0 Å². The van der Waals surface area contributed by atoms with Crippen molar-refractivity contribution in [3.63, 3.8) is 0 Å². The maximum Gasteiger partial charge on any atom is 0.410 e. The van der Waals surface area contributed by atoms with Crippen molar-refractivity contribution in [3.05, 3.63) is 0 Å². The maximum absolute atomic E-state index is 12.1. The fourth-order valence-electron chi connectivity index (χ4n) is 2.16. The highest BCUT2D eigenvalue weighted by atomic mass is 16.6. The van der Waals surface area contributed by atoms with Crippen LogP contribution in [0.2, 0.25) is 0 Å². The molecule has 0 aromatic heterocycles. The topological polar surface area (TPSA) is 46.6 Å². The zero-order valence-corrected chi connectivity index (χ0v) is 12.0. The number of hydrogen-bond donors (Lipinski definition) is 0. The molecule has 4 nitrogen and oxygen atoms in total. The van der Waals surface area contributed by atoms with Gasteiger partial charge in [-0.05, 0) is 27.2 Å². The molecule has 4 heteroatoms. The number of ketones is 1. The number of hydrogen-bond acceptors (Lipinski definition) is 3. The van der Waals surface area contributed by atoms with Gasteiger partial charge in [-0.3, -0.25) is 4.79 Å². The van der Waals surface area contributed by atoms with Gasteiger partial charge in [-0.15, -0.1) is 0 Å². The predicted molar refractivity (Wildman–Crippen MR) is 70.5 cm³/mol. The van der Waals surface area contributed by atoms with Gasteiger partial charge in [0.25, 0.3) is 0 Å². The third-order valence-corrected chi connectivity index (χ3v) is 3.05. The Morgan fingerprint density at radius 3 is 2.67 bits per heavy atom. The molecule has 0 bridgehead atoms. The molecule has 104 valence electrons. The van der Waals surface area contributed by atoms with Gasteiger partial charge in [-0.1, -0.05) is 19.8 Å². The van der Waals surface area contributed by atoms with Crippen molar-refractivity contribution >= 4 is 11.9 Å². The summed E-state index contributed by atoms with van der Waals surface area (Å²) in [6, 6.07) is 0.0287. The molecular weight excluding hydrogens is 230 g/mol. The Balaban J connectivity index is 2.64. The van der Waals surface area contributed by atoms with E-state index in [-0.39, 0.29) is 17.9 Å². The minimum Gasteiger partial charge on any atom is -0.444 e. The summed E-state index contributed by atoms with van der Waals surface area (Å²) in [5, 5.41) is 0. The summed E-state index contributed by atoms with van der Waals surface area (Å²) in [5.41, 5.74) is -0.478. The Labute approximate surface area is 110 Å². The fourth-order valence-corrected chi connectivity index (χ4v) is 2.16. The highest BCUT2D eigenvalue weighted by Crippen LogP contribution is 2.22. The van der Waals surface area contributed by atoms with Gasteiger partial charge in [-0.25, -0.2) is 4.79 Å². The first-order chi connectivity index (χ1) is 8.33. The minimum atomic E-state index is -0.478. The van der Waals surface area contributed by atoms with Crippen molar-refractivity contribution in [2.24, 2.45) is 0 Å². The van der Waals surface area contributed by atoms with Crippen LogP contribution in [0, 0.1) is 0 Å². The molecule has 0 N–H and O–H groups in total. The van der Waals surface area contributed by atoms with E-state index in [1.807, 2.05) is 20.8 Å². The average Bonchev–Trinajstić information content (AvgIpc) is 2.23. The van der Waals surface area contributed by atoms with E-state index in [1.165, 1.54) is 0 Å². The number of ether oxygens (including phenoxy) is 1. The molecule has 0 aliphatic carbocycles. The quantitative estimate of drug-likeness (QED) is 0.778. The number of rotatable bonds is 3. The number of likely N-dealkylation sites (tertiary alicyclic amines) is 1. The Kier molecular flexibility index (Phi) is 5.17. The van der Waals surface area contributed by atoms with E-state index in [2.05, 4.69) is 6.92 Å². The molecule has 0 spiro atoms. The zero-order chi connectivity index (χ0) is 13.8. The Hall–Kier alpha value is -1.06. The number of amides is 1. The Morgan fingerprint density at radius 1 is 1.44 bits per heavy atom. The summed E-state index contributed by atoms with van der Waals surface area (Å²) >= 11 is 0. The first-order valence-corrected chi connectivity index (χ1v) is 6.85. The summed E-state index contributed by atoms with van der Waals surface area (Å²) in [6.45, 7) is 8.20. The number of unbranched alkanes of at least 4 members (excludes halogenated alkanes) is 1. The molecule has 1 rings (SSSR count). The molecule has 1 heterocycles. The maximum atomic E-state index is 12.1. The van der Waals surface area contributed by atoms with Gasteiger partial charge in [0, 0.05) is 25.4 Å². The first-order valence-electron chi connectivity index (χ1n) is 6.85. The van der Waals surface area contributed by atoms with E-state index in [4.69, 9.17) is 4.74 Å². The van der Waals surface area contributed by atoms with Crippen LogP contribution in [-0.4, -0.2) is 35.0 Å². The summed E-state index contributed by atoms with van der Waals surface area (Å²) in [6.07, 6.45) is 3.67. The molecule has 1 aliphatic rings. The molecule has 0 saturated carbocycles. The molecule has 0 radical (unpaired) electrons. The van der Waals surface area contributed by atoms with Crippen molar-refractivity contribution in [1.82, 2.24) is 4.90 Å². The second-order valence-corrected chi connectivity index (χ2v) is 5.96. The lowest BCUT2D eigenvalue weighted by Crippen LogP contribution is -2.48. The number of nitrogens with zero attached hydrogens (tertiary/aromatic N) is 1. The highest BCUT2D eigenvalue weighted by molar-refractivity contribution is 5.82. The lowest BCUT2D eigenvalue weighted by atomic mass is 9.97. The van der Waals surface area contributed by atoms with Gasteiger partial charge in [-0.2, -0.15) is 0 Å². The highest BCUT2D eigenvalue weighted by Gasteiger charge is 2.32. The fraction of sp³-hybridized carbons (Fsp3) is 0.857. The van der Waals surface area contributed by atoms with E-state index in [9.17, 15) is 9.59 Å². The number of carbonyl (C=O) groups excluding carboxylic acids is 2. The molecular formula is C14H25NO3. The van der Waals surface area contributed by atoms with Crippen molar-refractivity contribution in [1.29, 1.82) is 0 Å². The molecule has 0 aromatic rings. The Morgan fingerprint density at radius 2 is 2.11 bits per heavy atom. The average molecular weight is 255 g/mol. The molecule has 1 amide bonds. The molecule has 1 aliphatic heterocycles. The van der Waals surface area contributed by atoms with Gasteiger partial charge in [0.1, 0.15) is 11.4 Å².